The number of halogens is 2. The number of carboxylic acids is 1. The molecule has 1 fully saturated rings. The van der Waals surface area contributed by atoms with Crippen LogP contribution in [0.3, 0.4) is 0 Å². The van der Waals surface area contributed by atoms with E-state index >= 15 is 0 Å². The van der Waals surface area contributed by atoms with Crippen LogP contribution in [-0.2, 0) is 15.9 Å². The number of hydrogen-bond donors (Lipinski definition) is 1. The van der Waals surface area contributed by atoms with Crippen molar-refractivity contribution in [2.45, 2.75) is 50.6 Å². The molecule has 0 atom stereocenters. The van der Waals surface area contributed by atoms with Crippen LogP contribution in [0.1, 0.15) is 50.7 Å². The van der Waals surface area contributed by atoms with Gasteiger partial charge in [-0.15, -0.1) is 0 Å². The third kappa shape index (κ3) is 2.36. The Bertz CT molecular complexity index is 497. The summed E-state index contributed by atoms with van der Waals surface area (Å²) in [5, 5.41) is 9.47. The minimum atomic E-state index is -1.61. The predicted molar refractivity (Wildman–Crippen MR) is 68.3 cm³/mol. The first-order chi connectivity index (χ1) is 8.77. The van der Waals surface area contributed by atoms with Crippen molar-refractivity contribution in [3.05, 3.63) is 35.1 Å². The molecule has 4 heteroatoms. The van der Waals surface area contributed by atoms with Crippen molar-refractivity contribution in [2.75, 3.05) is 0 Å². The van der Waals surface area contributed by atoms with Gasteiger partial charge in [-0.2, -0.15) is 0 Å². The van der Waals surface area contributed by atoms with Crippen LogP contribution in [0.5, 0.6) is 0 Å². The first-order valence-electron chi connectivity index (χ1n) is 6.50. The van der Waals surface area contributed by atoms with Gasteiger partial charge in [-0.1, -0.05) is 18.9 Å². The van der Waals surface area contributed by atoms with E-state index in [9.17, 15) is 18.7 Å². The largest absolute Gasteiger partial charge is 0.481 e. The molecule has 104 valence electrons. The molecule has 0 aromatic heterocycles. The van der Waals surface area contributed by atoms with E-state index in [1.807, 2.05) is 0 Å². The van der Waals surface area contributed by atoms with E-state index in [4.69, 9.17) is 0 Å². The van der Waals surface area contributed by atoms with E-state index in [1.165, 1.54) is 32.0 Å². The van der Waals surface area contributed by atoms with Crippen molar-refractivity contribution in [2.24, 2.45) is 0 Å². The van der Waals surface area contributed by atoms with Gasteiger partial charge in [0, 0.05) is 5.56 Å². The molecule has 0 saturated heterocycles. The standard InChI is InChI=1S/C15H18F2O2/c1-14(2,17)10-5-6-12(16)11(9-10)15(13(18)19)7-3-4-8-15/h5-6,9H,3-4,7-8H2,1-2H3,(H,18,19). The fraction of sp³-hybridized carbons (Fsp3) is 0.533. The average molecular weight is 268 g/mol. The maximum absolute atomic E-state index is 14.0. The summed E-state index contributed by atoms with van der Waals surface area (Å²) in [6.07, 6.45) is 2.34. The van der Waals surface area contributed by atoms with Crippen molar-refractivity contribution >= 4 is 5.97 Å². The number of carboxylic acid groups (broad SMARTS) is 1. The zero-order chi connectivity index (χ0) is 14.3. The zero-order valence-electron chi connectivity index (χ0n) is 11.2. The molecule has 0 bridgehead atoms. The van der Waals surface area contributed by atoms with E-state index in [0.29, 0.717) is 18.4 Å². The maximum Gasteiger partial charge on any atom is 0.314 e. The normalized spacial score (nSPS) is 18.5. The molecular formula is C15H18F2O2. The van der Waals surface area contributed by atoms with E-state index in [-0.39, 0.29) is 5.56 Å². The van der Waals surface area contributed by atoms with Crippen molar-refractivity contribution in [1.82, 2.24) is 0 Å². The molecule has 1 saturated carbocycles. The number of rotatable bonds is 3. The summed E-state index contributed by atoms with van der Waals surface area (Å²) in [6.45, 7) is 2.76. The van der Waals surface area contributed by atoms with Gasteiger partial charge < -0.3 is 5.11 Å². The van der Waals surface area contributed by atoms with Gasteiger partial charge in [0.15, 0.2) is 0 Å². The molecule has 1 aliphatic rings. The third-order valence-electron chi connectivity index (χ3n) is 4.03. The molecule has 1 aromatic rings. The summed E-state index contributed by atoms with van der Waals surface area (Å²) >= 11 is 0. The fourth-order valence-electron chi connectivity index (χ4n) is 2.84. The Balaban J connectivity index is 2.57. The molecular weight excluding hydrogens is 250 g/mol. The van der Waals surface area contributed by atoms with Gasteiger partial charge in [0.1, 0.15) is 11.5 Å². The van der Waals surface area contributed by atoms with Crippen LogP contribution in [0, 0.1) is 5.82 Å². The Labute approximate surface area is 111 Å². The predicted octanol–water partition coefficient (Wildman–Crippen LogP) is 3.93. The summed E-state index contributed by atoms with van der Waals surface area (Å²) in [4.78, 5) is 11.6. The summed E-state index contributed by atoms with van der Waals surface area (Å²) < 4.78 is 28.0. The Morgan fingerprint density at radius 2 is 1.89 bits per heavy atom. The topological polar surface area (TPSA) is 37.3 Å². The minimum Gasteiger partial charge on any atom is -0.481 e. The molecule has 1 N–H and O–H groups in total. The molecule has 1 aliphatic carbocycles. The van der Waals surface area contributed by atoms with Crippen LogP contribution in [0.2, 0.25) is 0 Å². The van der Waals surface area contributed by atoms with Crippen LogP contribution in [0.15, 0.2) is 18.2 Å². The molecule has 0 unspecified atom stereocenters. The molecule has 0 aliphatic heterocycles. The quantitative estimate of drug-likeness (QED) is 0.902. The summed E-state index contributed by atoms with van der Waals surface area (Å²) in [7, 11) is 0. The second kappa shape index (κ2) is 4.58. The third-order valence-corrected chi connectivity index (χ3v) is 4.03. The van der Waals surface area contributed by atoms with Crippen molar-refractivity contribution in [3.63, 3.8) is 0 Å². The number of benzene rings is 1. The highest BCUT2D eigenvalue weighted by Gasteiger charge is 2.45. The molecule has 19 heavy (non-hydrogen) atoms. The van der Waals surface area contributed by atoms with Gasteiger partial charge in [0.2, 0.25) is 0 Å². The Kier molecular flexibility index (Phi) is 3.37. The lowest BCUT2D eigenvalue weighted by atomic mass is 9.77. The fourth-order valence-corrected chi connectivity index (χ4v) is 2.84. The van der Waals surface area contributed by atoms with E-state index in [2.05, 4.69) is 0 Å². The highest BCUT2D eigenvalue weighted by molar-refractivity contribution is 5.82. The second-order valence-electron chi connectivity index (χ2n) is 5.76. The van der Waals surface area contributed by atoms with Gasteiger partial charge >= 0.3 is 5.97 Å². The minimum absolute atomic E-state index is 0.126. The monoisotopic (exact) mass is 268 g/mol. The summed E-state index contributed by atoms with van der Waals surface area (Å²) in [5.74, 6) is -1.57. The zero-order valence-corrected chi connectivity index (χ0v) is 11.2. The maximum atomic E-state index is 14.0. The van der Waals surface area contributed by atoms with Crippen LogP contribution in [-0.4, -0.2) is 11.1 Å². The highest BCUT2D eigenvalue weighted by Crippen LogP contribution is 2.43. The lowest BCUT2D eigenvalue weighted by molar-refractivity contribution is -0.143. The molecule has 0 radical (unpaired) electrons. The van der Waals surface area contributed by atoms with Crippen LogP contribution < -0.4 is 0 Å². The van der Waals surface area contributed by atoms with Crippen molar-refractivity contribution < 1.29 is 18.7 Å². The highest BCUT2D eigenvalue weighted by atomic mass is 19.1. The molecule has 2 nitrogen and oxygen atoms in total. The molecule has 2 rings (SSSR count). The summed E-state index contributed by atoms with van der Waals surface area (Å²) in [6, 6.07) is 3.94. The van der Waals surface area contributed by atoms with E-state index in [0.717, 1.165) is 12.8 Å². The molecule has 0 heterocycles. The van der Waals surface area contributed by atoms with Crippen molar-refractivity contribution in [1.29, 1.82) is 0 Å². The Morgan fingerprint density at radius 3 is 2.37 bits per heavy atom. The van der Waals surface area contributed by atoms with E-state index < -0.39 is 22.9 Å². The van der Waals surface area contributed by atoms with Gasteiger partial charge in [-0.3, -0.25) is 4.79 Å². The molecule has 0 spiro atoms. The molecule has 0 amide bonds. The second-order valence-corrected chi connectivity index (χ2v) is 5.76. The number of carbonyl (C=O) groups is 1. The smallest absolute Gasteiger partial charge is 0.314 e. The number of alkyl halides is 1. The van der Waals surface area contributed by atoms with Crippen LogP contribution in [0.4, 0.5) is 8.78 Å². The van der Waals surface area contributed by atoms with Crippen molar-refractivity contribution in [3.8, 4) is 0 Å². The first-order valence-corrected chi connectivity index (χ1v) is 6.50. The Hall–Kier alpha value is -1.45. The lowest BCUT2D eigenvalue weighted by Gasteiger charge is -2.26. The van der Waals surface area contributed by atoms with Gasteiger partial charge in [-0.05, 0) is 44.4 Å². The first kappa shape index (κ1) is 14.0. The summed E-state index contributed by atoms with van der Waals surface area (Å²) in [5.41, 5.74) is -2.36. The van der Waals surface area contributed by atoms with Gasteiger partial charge in [0.25, 0.3) is 0 Å². The van der Waals surface area contributed by atoms with Crippen LogP contribution >= 0.6 is 0 Å². The number of aliphatic carboxylic acids is 1. The number of hydrogen-bond acceptors (Lipinski definition) is 1. The van der Waals surface area contributed by atoms with Gasteiger partial charge in [-0.25, -0.2) is 8.78 Å². The van der Waals surface area contributed by atoms with E-state index in [1.54, 1.807) is 0 Å². The SMILES string of the molecule is CC(C)(F)c1ccc(F)c(C2(C(=O)O)CCCC2)c1. The van der Waals surface area contributed by atoms with Crippen LogP contribution in [0.25, 0.3) is 0 Å². The average Bonchev–Trinajstić information content (AvgIpc) is 2.78. The lowest BCUT2D eigenvalue weighted by Crippen LogP contribution is -2.34. The van der Waals surface area contributed by atoms with Gasteiger partial charge in [0.05, 0.1) is 5.41 Å². The molecule has 1 aromatic carbocycles. The Morgan fingerprint density at radius 1 is 1.32 bits per heavy atom.